The molecule has 32 heavy (non-hydrogen) atoms. The molecule has 1 aliphatic heterocycles. The van der Waals surface area contributed by atoms with Crippen molar-refractivity contribution in [3.63, 3.8) is 0 Å². The lowest BCUT2D eigenvalue weighted by molar-refractivity contribution is -0.122. The first kappa shape index (κ1) is 21.7. The minimum Gasteiger partial charge on any atom is -0.452 e. The van der Waals surface area contributed by atoms with Gasteiger partial charge in [0.1, 0.15) is 0 Å². The molecule has 7 heteroatoms. The number of benzene rings is 2. The topological polar surface area (TPSA) is 92.8 Å². The van der Waals surface area contributed by atoms with E-state index in [2.05, 4.69) is 12.2 Å². The van der Waals surface area contributed by atoms with Crippen molar-refractivity contribution in [3.05, 3.63) is 59.7 Å². The summed E-state index contributed by atoms with van der Waals surface area (Å²) in [6.07, 6.45) is 2.43. The number of hydrogen-bond acceptors (Lipinski definition) is 5. The third-order valence-corrected chi connectivity index (χ3v) is 6.22. The number of carbonyl (C=O) groups excluding carboxylic acids is 4. The summed E-state index contributed by atoms with van der Waals surface area (Å²) in [7, 11) is 0. The third-order valence-electron chi connectivity index (χ3n) is 6.22. The lowest BCUT2D eigenvalue weighted by Crippen LogP contribution is -2.30. The molecule has 0 spiro atoms. The highest BCUT2D eigenvalue weighted by Crippen LogP contribution is 2.42. The molecule has 2 aromatic carbocycles. The highest BCUT2D eigenvalue weighted by atomic mass is 16.5. The fourth-order valence-electron chi connectivity index (χ4n) is 4.44. The molecule has 2 aliphatic rings. The molecule has 0 radical (unpaired) electrons. The van der Waals surface area contributed by atoms with Crippen LogP contribution in [0.15, 0.2) is 48.5 Å². The van der Waals surface area contributed by atoms with E-state index in [1.54, 1.807) is 24.3 Å². The summed E-state index contributed by atoms with van der Waals surface area (Å²) in [6.45, 7) is 3.64. The average molecular weight is 434 g/mol. The van der Waals surface area contributed by atoms with Crippen LogP contribution in [0.5, 0.6) is 0 Å². The van der Waals surface area contributed by atoms with Crippen LogP contribution in [0.25, 0.3) is 0 Å². The normalized spacial score (nSPS) is 22.4. The van der Waals surface area contributed by atoms with Crippen LogP contribution in [-0.4, -0.2) is 30.3 Å². The smallest absolute Gasteiger partial charge is 0.338 e. The first-order valence-corrected chi connectivity index (χ1v) is 10.8. The Balaban J connectivity index is 1.35. The lowest BCUT2D eigenvalue weighted by atomic mass is 9.76. The summed E-state index contributed by atoms with van der Waals surface area (Å²) in [6, 6.07) is 13.4. The molecule has 2 aromatic rings. The van der Waals surface area contributed by atoms with Gasteiger partial charge in [-0.1, -0.05) is 24.6 Å². The molecule has 1 saturated heterocycles. The molecule has 1 N–H and O–H groups in total. The number of imide groups is 1. The summed E-state index contributed by atoms with van der Waals surface area (Å²) in [5, 5.41) is 2.66. The van der Waals surface area contributed by atoms with E-state index in [4.69, 9.17) is 4.74 Å². The minimum atomic E-state index is -0.655. The molecule has 3 amide bonds. The number of nitrogens with zero attached hydrogens (tertiary/aromatic N) is 1. The van der Waals surface area contributed by atoms with Crippen LogP contribution in [0.4, 0.5) is 11.4 Å². The SMILES string of the molecule is Cc1ccc(NC(=O)COC(=O)c2ccc(N3C(=O)[C@@H]4CC[C@@H](C)C[C@H]4C3=O)cc2)cc1. The van der Waals surface area contributed by atoms with Crippen molar-refractivity contribution in [3.8, 4) is 0 Å². The molecule has 0 aromatic heterocycles. The highest BCUT2D eigenvalue weighted by molar-refractivity contribution is 6.22. The summed E-state index contributed by atoms with van der Waals surface area (Å²) in [5.74, 6) is -1.46. The van der Waals surface area contributed by atoms with Crippen LogP contribution in [0, 0.1) is 24.7 Å². The van der Waals surface area contributed by atoms with E-state index in [1.165, 1.54) is 17.0 Å². The Bertz CT molecular complexity index is 1050. The van der Waals surface area contributed by atoms with Crippen molar-refractivity contribution in [2.75, 3.05) is 16.8 Å². The van der Waals surface area contributed by atoms with Crippen LogP contribution in [0.2, 0.25) is 0 Å². The Labute approximate surface area is 186 Å². The quantitative estimate of drug-likeness (QED) is 0.572. The molecular formula is C25H26N2O5. The van der Waals surface area contributed by atoms with E-state index >= 15 is 0 Å². The zero-order valence-corrected chi connectivity index (χ0v) is 18.2. The maximum Gasteiger partial charge on any atom is 0.338 e. The number of ether oxygens (including phenoxy) is 1. The van der Waals surface area contributed by atoms with E-state index in [9.17, 15) is 19.2 Å². The van der Waals surface area contributed by atoms with Crippen molar-refractivity contribution in [2.45, 2.75) is 33.1 Å². The van der Waals surface area contributed by atoms with Crippen LogP contribution >= 0.6 is 0 Å². The van der Waals surface area contributed by atoms with E-state index in [-0.39, 0.29) is 29.2 Å². The van der Waals surface area contributed by atoms with Gasteiger partial charge in [0.25, 0.3) is 5.91 Å². The second kappa shape index (κ2) is 8.94. The zero-order chi connectivity index (χ0) is 22.8. The monoisotopic (exact) mass is 434 g/mol. The lowest BCUT2D eigenvalue weighted by Gasteiger charge is -2.25. The van der Waals surface area contributed by atoms with Gasteiger partial charge in [-0.05, 0) is 68.5 Å². The van der Waals surface area contributed by atoms with Gasteiger partial charge in [0.15, 0.2) is 6.61 Å². The molecule has 166 valence electrons. The molecule has 3 atom stereocenters. The number of aryl methyl sites for hydroxylation is 1. The van der Waals surface area contributed by atoms with E-state index < -0.39 is 18.5 Å². The number of nitrogens with one attached hydrogen (secondary N) is 1. The second-order valence-electron chi connectivity index (χ2n) is 8.68. The number of amides is 3. The molecule has 1 heterocycles. The number of fused-ring (bicyclic) bond motifs is 1. The predicted molar refractivity (Wildman–Crippen MR) is 119 cm³/mol. The van der Waals surface area contributed by atoms with Gasteiger partial charge in [-0.2, -0.15) is 0 Å². The number of carbonyl (C=O) groups is 4. The average Bonchev–Trinajstić information content (AvgIpc) is 3.03. The zero-order valence-electron chi connectivity index (χ0n) is 18.2. The first-order valence-electron chi connectivity index (χ1n) is 10.8. The van der Waals surface area contributed by atoms with Gasteiger partial charge in [0.05, 0.1) is 23.1 Å². The predicted octanol–water partition coefficient (Wildman–Crippen LogP) is 3.72. The number of hydrogen-bond donors (Lipinski definition) is 1. The number of rotatable bonds is 5. The van der Waals surface area contributed by atoms with Gasteiger partial charge in [0.2, 0.25) is 11.8 Å². The summed E-state index contributed by atoms with van der Waals surface area (Å²) in [5.41, 5.74) is 2.39. The van der Waals surface area contributed by atoms with Gasteiger partial charge in [-0.3, -0.25) is 19.3 Å². The van der Waals surface area contributed by atoms with Crippen LogP contribution < -0.4 is 10.2 Å². The second-order valence-corrected chi connectivity index (χ2v) is 8.68. The van der Waals surface area contributed by atoms with Gasteiger partial charge in [-0.25, -0.2) is 4.79 Å². The molecular weight excluding hydrogens is 408 g/mol. The maximum absolute atomic E-state index is 12.8. The van der Waals surface area contributed by atoms with E-state index in [0.29, 0.717) is 17.3 Å². The Morgan fingerprint density at radius 3 is 2.31 bits per heavy atom. The Kier molecular flexibility index (Phi) is 6.08. The molecule has 1 saturated carbocycles. The van der Waals surface area contributed by atoms with Gasteiger partial charge in [0, 0.05) is 5.69 Å². The summed E-state index contributed by atoms with van der Waals surface area (Å²) < 4.78 is 5.08. The number of esters is 1. The minimum absolute atomic E-state index is 0.157. The van der Waals surface area contributed by atoms with E-state index in [1.807, 2.05) is 19.1 Å². The summed E-state index contributed by atoms with van der Waals surface area (Å²) in [4.78, 5) is 51.2. The Morgan fingerprint density at radius 2 is 1.62 bits per heavy atom. The molecule has 0 unspecified atom stereocenters. The van der Waals surface area contributed by atoms with E-state index in [0.717, 1.165) is 24.8 Å². The van der Waals surface area contributed by atoms with Crippen molar-refractivity contribution < 1.29 is 23.9 Å². The largest absolute Gasteiger partial charge is 0.452 e. The third kappa shape index (κ3) is 4.42. The first-order chi connectivity index (χ1) is 15.3. The van der Waals surface area contributed by atoms with Crippen LogP contribution in [0.1, 0.15) is 42.1 Å². The Morgan fingerprint density at radius 1 is 0.969 bits per heavy atom. The standard InChI is InChI=1S/C25H26N2O5/c1-15-3-8-18(9-4-15)26-22(28)14-32-25(31)17-6-10-19(11-7-17)27-23(29)20-12-5-16(2)13-21(20)24(27)30/h3-4,6-11,16,20-21H,5,12-14H2,1-2H3,(H,26,28)/t16-,20-,21-/m1/s1. The van der Waals surface area contributed by atoms with Crippen molar-refractivity contribution in [1.29, 1.82) is 0 Å². The Hall–Kier alpha value is -3.48. The highest BCUT2D eigenvalue weighted by Gasteiger charge is 2.49. The van der Waals surface area contributed by atoms with Gasteiger partial charge in [-0.15, -0.1) is 0 Å². The molecule has 2 fully saturated rings. The van der Waals surface area contributed by atoms with Crippen LogP contribution in [0.3, 0.4) is 0 Å². The molecule has 1 aliphatic carbocycles. The fourth-order valence-corrected chi connectivity index (χ4v) is 4.44. The molecule has 7 nitrogen and oxygen atoms in total. The van der Waals surface area contributed by atoms with Crippen LogP contribution in [-0.2, 0) is 19.1 Å². The fraction of sp³-hybridized carbons (Fsp3) is 0.360. The van der Waals surface area contributed by atoms with Crippen molar-refractivity contribution in [1.82, 2.24) is 0 Å². The van der Waals surface area contributed by atoms with Crippen molar-refractivity contribution in [2.24, 2.45) is 17.8 Å². The number of anilines is 2. The van der Waals surface area contributed by atoms with Gasteiger partial charge >= 0.3 is 5.97 Å². The summed E-state index contributed by atoms with van der Waals surface area (Å²) >= 11 is 0. The van der Waals surface area contributed by atoms with Crippen molar-refractivity contribution >= 4 is 35.1 Å². The maximum atomic E-state index is 12.8. The van der Waals surface area contributed by atoms with Gasteiger partial charge < -0.3 is 10.1 Å². The molecule has 4 rings (SSSR count). The molecule has 0 bridgehead atoms.